The molecule has 2 N–H and O–H groups in total. The van der Waals surface area contributed by atoms with Crippen LogP contribution in [0.2, 0.25) is 0 Å². The number of nitrogens with one attached hydrogen (secondary N) is 1. The lowest BCUT2D eigenvalue weighted by Crippen LogP contribution is -2.34. The number of aromatic carboxylic acids is 1. The molecule has 2 aromatic carbocycles. The third kappa shape index (κ3) is 3.47. The number of ketones is 1. The zero-order valence-corrected chi connectivity index (χ0v) is 17.9. The Balaban J connectivity index is 1.67. The first-order valence-electron chi connectivity index (χ1n) is 10.3. The molecule has 0 bridgehead atoms. The Morgan fingerprint density at radius 1 is 0.933 bits per heavy atom. The molecule has 1 aromatic heterocycles. The number of hydrogen-bond donors (Lipinski definition) is 2. The summed E-state index contributed by atoms with van der Waals surface area (Å²) in [5.74, 6) is -1.02. The van der Waals surface area contributed by atoms with E-state index < -0.39 is 5.97 Å². The molecule has 0 aliphatic heterocycles. The summed E-state index contributed by atoms with van der Waals surface area (Å²) in [5, 5.41) is 10.0. The Hall–Kier alpha value is -3.14. The summed E-state index contributed by atoms with van der Waals surface area (Å²) in [6, 6.07) is 11.0. The second kappa shape index (κ2) is 6.98. The molecule has 1 heterocycles. The smallest absolute Gasteiger partial charge is 0.335 e. The molecule has 1 aliphatic rings. The van der Waals surface area contributed by atoms with Crippen LogP contribution in [0.3, 0.4) is 0 Å². The number of rotatable bonds is 4. The zero-order valence-electron chi connectivity index (χ0n) is 17.9. The van der Waals surface area contributed by atoms with Gasteiger partial charge in [-0.05, 0) is 76.8 Å². The summed E-state index contributed by atoms with van der Waals surface area (Å²) in [5.41, 5.74) is 5.30. The fourth-order valence-corrected chi connectivity index (χ4v) is 4.42. The van der Waals surface area contributed by atoms with Gasteiger partial charge in [0, 0.05) is 22.7 Å². The van der Waals surface area contributed by atoms with Crippen LogP contribution in [0.1, 0.15) is 77.9 Å². The van der Waals surface area contributed by atoms with Gasteiger partial charge in [-0.25, -0.2) is 4.79 Å². The van der Waals surface area contributed by atoms with Crippen molar-refractivity contribution < 1.29 is 14.7 Å². The highest BCUT2D eigenvalue weighted by Crippen LogP contribution is 2.45. The number of carbonyl (C=O) groups is 2. The van der Waals surface area contributed by atoms with E-state index in [0.29, 0.717) is 5.56 Å². The molecule has 154 valence electrons. The van der Waals surface area contributed by atoms with Gasteiger partial charge in [0.05, 0.1) is 5.56 Å². The standard InChI is InChI=1S/C26H27NO3/c1-25(2)11-12-26(3,4)21-14-16(5-8-20(21)25)23(28)10-7-18-15-27-22-9-6-17(24(29)30)13-19(18)22/h5-10,13-15,27H,11-12H2,1-4H3,(H,29,30)/b10-7+. The molecule has 30 heavy (non-hydrogen) atoms. The molecule has 3 aromatic rings. The first-order valence-corrected chi connectivity index (χ1v) is 10.3. The monoisotopic (exact) mass is 401 g/mol. The van der Waals surface area contributed by atoms with Crippen molar-refractivity contribution in [1.82, 2.24) is 4.98 Å². The van der Waals surface area contributed by atoms with Gasteiger partial charge in [0.1, 0.15) is 0 Å². The maximum Gasteiger partial charge on any atom is 0.335 e. The van der Waals surface area contributed by atoms with Gasteiger partial charge in [0.2, 0.25) is 0 Å². The van der Waals surface area contributed by atoms with Gasteiger partial charge in [-0.2, -0.15) is 0 Å². The van der Waals surface area contributed by atoms with Crippen LogP contribution in [0.25, 0.3) is 17.0 Å². The van der Waals surface area contributed by atoms with Crippen molar-refractivity contribution >= 4 is 28.7 Å². The molecule has 0 saturated carbocycles. The summed E-state index contributed by atoms with van der Waals surface area (Å²) in [6.45, 7) is 9.03. The number of benzene rings is 2. The van der Waals surface area contributed by atoms with E-state index in [1.807, 2.05) is 6.07 Å². The van der Waals surface area contributed by atoms with Crippen LogP contribution in [0.15, 0.2) is 48.7 Å². The highest BCUT2D eigenvalue weighted by atomic mass is 16.4. The molecule has 0 unspecified atom stereocenters. The van der Waals surface area contributed by atoms with E-state index in [2.05, 4.69) is 44.8 Å². The predicted octanol–water partition coefficient (Wildman–Crippen LogP) is 6.11. The predicted molar refractivity (Wildman–Crippen MR) is 120 cm³/mol. The lowest BCUT2D eigenvalue weighted by molar-refractivity contribution is 0.0697. The van der Waals surface area contributed by atoms with Gasteiger partial charge in [-0.15, -0.1) is 0 Å². The van der Waals surface area contributed by atoms with Gasteiger partial charge in [-0.1, -0.05) is 39.8 Å². The molecule has 4 heteroatoms. The number of aromatic nitrogens is 1. The third-order valence-corrected chi connectivity index (χ3v) is 6.51. The summed E-state index contributed by atoms with van der Waals surface area (Å²) in [7, 11) is 0. The van der Waals surface area contributed by atoms with Crippen molar-refractivity contribution in [2.45, 2.75) is 51.4 Å². The second-order valence-corrected chi connectivity index (χ2v) is 9.54. The molecule has 0 radical (unpaired) electrons. The number of carboxylic acid groups (broad SMARTS) is 1. The third-order valence-electron chi connectivity index (χ3n) is 6.51. The van der Waals surface area contributed by atoms with Crippen LogP contribution in [0.5, 0.6) is 0 Å². The lowest BCUT2D eigenvalue weighted by atomic mass is 9.63. The van der Waals surface area contributed by atoms with Crippen LogP contribution in [-0.2, 0) is 10.8 Å². The van der Waals surface area contributed by atoms with E-state index in [-0.39, 0.29) is 22.2 Å². The van der Waals surface area contributed by atoms with E-state index >= 15 is 0 Å². The minimum Gasteiger partial charge on any atom is -0.478 e. The highest BCUT2D eigenvalue weighted by Gasteiger charge is 2.37. The molecule has 0 spiro atoms. The molecule has 4 rings (SSSR count). The van der Waals surface area contributed by atoms with E-state index in [1.54, 1.807) is 36.5 Å². The van der Waals surface area contributed by atoms with Crippen LogP contribution in [-0.4, -0.2) is 21.8 Å². The Morgan fingerprint density at radius 2 is 1.60 bits per heavy atom. The van der Waals surface area contributed by atoms with E-state index in [0.717, 1.165) is 29.3 Å². The molecule has 0 atom stereocenters. The molecular formula is C26H27NO3. The largest absolute Gasteiger partial charge is 0.478 e. The van der Waals surface area contributed by atoms with Crippen molar-refractivity contribution in [3.05, 3.63) is 76.5 Å². The molecule has 0 saturated heterocycles. The van der Waals surface area contributed by atoms with Gasteiger partial charge in [-0.3, -0.25) is 4.79 Å². The average molecular weight is 402 g/mol. The average Bonchev–Trinajstić information content (AvgIpc) is 3.11. The Bertz CT molecular complexity index is 1190. The Kier molecular flexibility index (Phi) is 4.69. The fraction of sp³-hybridized carbons (Fsp3) is 0.308. The highest BCUT2D eigenvalue weighted by molar-refractivity contribution is 6.08. The summed E-state index contributed by atoms with van der Waals surface area (Å²) in [6.07, 6.45) is 7.35. The number of H-pyrrole nitrogens is 1. The number of hydrogen-bond acceptors (Lipinski definition) is 2. The maximum absolute atomic E-state index is 12.9. The van der Waals surface area contributed by atoms with Gasteiger partial charge >= 0.3 is 5.97 Å². The molecular weight excluding hydrogens is 374 g/mol. The second-order valence-electron chi connectivity index (χ2n) is 9.54. The van der Waals surface area contributed by atoms with Crippen LogP contribution in [0.4, 0.5) is 0 Å². The van der Waals surface area contributed by atoms with Crippen molar-refractivity contribution in [2.75, 3.05) is 0 Å². The molecule has 0 amide bonds. The molecule has 4 nitrogen and oxygen atoms in total. The lowest BCUT2D eigenvalue weighted by Gasteiger charge is -2.42. The number of allylic oxidation sites excluding steroid dienone is 1. The Morgan fingerprint density at radius 3 is 2.30 bits per heavy atom. The summed E-state index contributed by atoms with van der Waals surface area (Å²) in [4.78, 5) is 27.3. The summed E-state index contributed by atoms with van der Waals surface area (Å²) < 4.78 is 0. The molecule has 0 fully saturated rings. The fourth-order valence-electron chi connectivity index (χ4n) is 4.42. The quantitative estimate of drug-likeness (QED) is 0.409. The van der Waals surface area contributed by atoms with Crippen LogP contribution >= 0.6 is 0 Å². The summed E-state index contributed by atoms with van der Waals surface area (Å²) >= 11 is 0. The normalized spacial score (nSPS) is 17.2. The molecule has 1 aliphatic carbocycles. The first-order chi connectivity index (χ1) is 14.1. The zero-order chi connectivity index (χ0) is 21.7. The van der Waals surface area contributed by atoms with Gasteiger partial charge in [0.15, 0.2) is 5.78 Å². The Labute approximate surface area is 176 Å². The number of fused-ring (bicyclic) bond motifs is 2. The number of carbonyl (C=O) groups excluding carboxylic acids is 1. The van der Waals surface area contributed by atoms with Crippen molar-refractivity contribution in [3.8, 4) is 0 Å². The van der Waals surface area contributed by atoms with Crippen molar-refractivity contribution in [3.63, 3.8) is 0 Å². The minimum atomic E-state index is -0.969. The first kappa shape index (κ1) is 20.1. The van der Waals surface area contributed by atoms with Crippen molar-refractivity contribution in [1.29, 1.82) is 0 Å². The van der Waals surface area contributed by atoms with Gasteiger partial charge < -0.3 is 10.1 Å². The van der Waals surface area contributed by atoms with E-state index in [9.17, 15) is 14.7 Å². The van der Waals surface area contributed by atoms with E-state index in [1.165, 1.54) is 11.1 Å². The van der Waals surface area contributed by atoms with Gasteiger partial charge in [0.25, 0.3) is 0 Å². The van der Waals surface area contributed by atoms with Crippen LogP contribution < -0.4 is 0 Å². The number of carboxylic acids is 1. The number of aromatic amines is 1. The van der Waals surface area contributed by atoms with Crippen molar-refractivity contribution in [2.24, 2.45) is 0 Å². The maximum atomic E-state index is 12.9. The minimum absolute atomic E-state index is 0.0505. The topological polar surface area (TPSA) is 70.2 Å². The SMILES string of the molecule is CC1(C)CCC(C)(C)c2cc(C(=O)/C=C/c3c[nH]c4ccc(C(=O)O)cc34)ccc21. The van der Waals surface area contributed by atoms with E-state index in [4.69, 9.17) is 0 Å². The van der Waals surface area contributed by atoms with Crippen LogP contribution in [0, 0.1) is 0 Å².